The molecule has 1 atom stereocenters. The van der Waals surface area contributed by atoms with Crippen molar-refractivity contribution in [2.24, 2.45) is 5.92 Å². The summed E-state index contributed by atoms with van der Waals surface area (Å²) in [6.07, 6.45) is 0. The van der Waals surface area contributed by atoms with Crippen molar-refractivity contribution in [3.8, 4) is 0 Å². The van der Waals surface area contributed by atoms with Gasteiger partial charge in [-0.05, 0) is 23.6 Å². The molecule has 0 aliphatic heterocycles. The van der Waals surface area contributed by atoms with Gasteiger partial charge in [-0.1, -0.05) is 19.1 Å². The molecule has 0 bridgehead atoms. The van der Waals surface area contributed by atoms with Crippen LogP contribution in [0.3, 0.4) is 0 Å². The first-order valence-electron chi connectivity index (χ1n) is 5.66. The van der Waals surface area contributed by atoms with E-state index in [-0.39, 0.29) is 18.5 Å². The Kier molecular flexibility index (Phi) is 5.66. The quantitative estimate of drug-likeness (QED) is 0.730. The van der Waals surface area contributed by atoms with E-state index in [1.54, 1.807) is 12.1 Å². The Labute approximate surface area is 102 Å². The number of aliphatic hydroxyl groups excluding tert-OH is 1. The van der Waals surface area contributed by atoms with Crippen LogP contribution >= 0.6 is 0 Å². The van der Waals surface area contributed by atoms with Gasteiger partial charge in [0.05, 0.1) is 12.7 Å². The van der Waals surface area contributed by atoms with Crippen LogP contribution in [0.4, 0.5) is 0 Å². The Hall–Kier alpha value is -1.39. The standard InChI is InChI=1S/C13H19NO3/c1-10(9-15)7-14-8-11-3-5-12(6-4-11)13(16)17-2/h3-6,10,14-15H,7-9H2,1-2H3. The van der Waals surface area contributed by atoms with Crippen molar-refractivity contribution in [2.45, 2.75) is 13.5 Å². The van der Waals surface area contributed by atoms with Gasteiger partial charge < -0.3 is 15.2 Å². The molecule has 0 heterocycles. The first-order chi connectivity index (χ1) is 8.17. The van der Waals surface area contributed by atoms with E-state index in [0.29, 0.717) is 5.56 Å². The van der Waals surface area contributed by atoms with Crippen molar-refractivity contribution >= 4 is 5.97 Å². The van der Waals surface area contributed by atoms with E-state index < -0.39 is 0 Å². The van der Waals surface area contributed by atoms with Gasteiger partial charge in [-0.3, -0.25) is 0 Å². The third-order valence-electron chi connectivity index (χ3n) is 2.51. The second kappa shape index (κ2) is 7.04. The smallest absolute Gasteiger partial charge is 0.337 e. The van der Waals surface area contributed by atoms with Crippen LogP contribution in [0.15, 0.2) is 24.3 Å². The minimum atomic E-state index is -0.321. The minimum absolute atomic E-state index is 0.189. The van der Waals surface area contributed by atoms with Crippen molar-refractivity contribution in [3.05, 3.63) is 35.4 Å². The highest BCUT2D eigenvalue weighted by atomic mass is 16.5. The van der Waals surface area contributed by atoms with E-state index in [9.17, 15) is 4.79 Å². The molecule has 0 spiro atoms. The molecule has 0 aliphatic carbocycles. The summed E-state index contributed by atoms with van der Waals surface area (Å²) < 4.78 is 4.62. The maximum atomic E-state index is 11.2. The summed E-state index contributed by atoms with van der Waals surface area (Å²) in [7, 11) is 1.37. The SMILES string of the molecule is COC(=O)c1ccc(CNCC(C)CO)cc1. The van der Waals surface area contributed by atoms with Gasteiger partial charge in [-0.25, -0.2) is 4.79 Å². The first kappa shape index (κ1) is 13.7. The monoisotopic (exact) mass is 237 g/mol. The maximum absolute atomic E-state index is 11.2. The van der Waals surface area contributed by atoms with E-state index in [2.05, 4.69) is 10.1 Å². The highest BCUT2D eigenvalue weighted by Crippen LogP contribution is 2.05. The number of hydrogen-bond donors (Lipinski definition) is 2. The van der Waals surface area contributed by atoms with Crippen molar-refractivity contribution in [1.82, 2.24) is 5.32 Å². The van der Waals surface area contributed by atoms with Gasteiger partial charge in [0.25, 0.3) is 0 Å². The molecule has 2 N–H and O–H groups in total. The number of benzene rings is 1. The summed E-state index contributed by atoms with van der Waals surface area (Å²) in [6.45, 7) is 3.67. The summed E-state index contributed by atoms with van der Waals surface area (Å²) in [5, 5.41) is 12.1. The van der Waals surface area contributed by atoms with Crippen LogP contribution in [0.25, 0.3) is 0 Å². The molecule has 4 nitrogen and oxygen atoms in total. The lowest BCUT2D eigenvalue weighted by Gasteiger charge is -2.09. The van der Waals surface area contributed by atoms with Gasteiger partial charge >= 0.3 is 5.97 Å². The summed E-state index contributed by atoms with van der Waals surface area (Å²) in [4.78, 5) is 11.2. The Balaban J connectivity index is 2.43. The van der Waals surface area contributed by atoms with Gasteiger partial charge in [-0.15, -0.1) is 0 Å². The second-order valence-electron chi connectivity index (χ2n) is 4.11. The average Bonchev–Trinajstić information content (AvgIpc) is 2.38. The molecule has 1 aromatic rings. The third kappa shape index (κ3) is 4.54. The fourth-order valence-electron chi connectivity index (χ4n) is 1.40. The first-order valence-corrected chi connectivity index (χ1v) is 5.66. The molecular formula is C13H19NO3. The molecule has 94 valence electrons. The van der Waals surface area contributed by atoms with Crippen LogP contribution in [-0.2, 0) is 11.3 Å². The van der Waals surface area contributed by atoms with Gasteiger partial charge in [0.15, 0.2) is 0 Å². The lowest BCUT2D eigenvalue weighted by molar-refractivity contribution is 0.0600. The topological polar surface area (TPSA) is 58.6 Å². The van der Waals surface area contributed by atoms with Crippen molar-refractivity contribution < 1.29 is 14.6 Å². The lowest BCUT2D eigenvalue weighted by atomic mass is 10.1. The fourth-order valence-corrected chi connectivity index (χ4v) is 1.40. The summed E-state index contributed by atoms with van der Waals surface area (Å²) in [6, 6.07) is 7.28. The fraction of sp³-hybridized carbons (Fsp3) is 0.462. The average molecular weight is 237 g/mol. The number of hydrogen-bond acceptors (Lipinski definition) is 4. The van der Waals surface area contributed by atoms with Crippen LogP contribution in [-0.4, -0.2) is 31.3 Å². The molecular weight excluding hydrogens is 218 g/mol. The molecule has 4 heteroatoms. The minimum Gasteiger partial charge on any atom is -0.465 e. The van der Waals surface area contributed by atoms with Gasteiger partial charge in [0.1, 0.15) is 0 Å². The molecule has 0 aromatic heterocycles. The maximum Gasteiger partial charge on any atom is 0.337 e. The van der Waals surface area contributed by atoms with Crippen LogP contribution < -0.4 is 5.32 Å². The molecule has 1 aromatic carbocycles. The highest BCUT2D eigenvalue weighted by molar-refractivity contribution is 5.89. The molecule has 1 unspecified atom stereocenters. The predicted octanol–water partition coefficient (Wildman–Crippen LogP) is 1.19. The zero-order valence-corrected chi connectivity index (χ0v) is 10.3. The Morgan fingerprint density at radius 2 is 2.06 bits per heavy atom. The van der Waals surface area contributed by atoms with Crippen molar-refractivity contribution in [2.75, 3.05) is 20.3 Å². The number of methoxy groups -OCH3 is 1. The Bertz CT molecular complexity index is 348. The second-order valence-corrected chi connectivity index (χ2v) is 4.11. The number of ether oxygens (including phenoxy) is 1. The number of rotatable bonds is 6. The molecule has 17 heavy (non-hydrogen) atoms. The zero-order chi connectivity index (χ0) is 12.7. The molecule has 0 radical (unpaired) electrons. The Morgan fingerprint density at radius 1 is 1.41 bits per heavy atom. The van der Waals surface area contributed by atoms with Crippen molar-refractivity contribution in [1.29, 1.82) is 0 Å². The molecule has 0 saturated heterocycles. The van der Waals surface area contributed by atoms with Crippen LogP contribution in [0, 0.1) is 5.92 Å². The predicted molar refractivity (Wildman–Crippen MR) is 65.7 cm³/mol. The van der Waals surface area contributed by atoms with Crippen molar-refractivity contribution in [3.63, 3.8) is 0 Å². The largest absolute Gasteiger partial charge is 0.465 e. The summed E-state index contributed by atoms with van der Waals surface area (Å²) in [5.74, 6) is -0.0669. The van der Waals surface area contributed by atoms with Crippen LogP contribution in [0.2, 0.25) is 0 Å². The van der Waals surface area contributed by atoms with Crippen LogP contribution in [0.1, 0.15) is 22.8 Å². The van der Waals surface area contributed by atoms with E-state index >= 15 is 0 Å². The van der Waals surface area contributed by atoms with E-state index in [4.69, 9.17) is 5.11 Å². The Morgan fingerprint density at radius 3 is 2.59 bits per heavy atom. The number of carbonyl (C=O) groups excluding carboxylic acids is 1. The normalized spacial score (nSPS) is 12.2. The third-order valence-corrected chi connectivity index (χ3v) is 2.51. The molecule has 0 aliphatic rings. The molecule has 1 rings (SSSR count). The van der Waals surface area contributed by atoms with E-state index in [1.165, 1.54) is 7.11 Å². The summed E-state index contributed by atoms with van der Waals surface area (Å²) >= 11 is 0. The molecule has 0 saturated carbocycles. The number of carbonyl (C=O) groups is 1. The summed E-state index contributed by atoms with van der Waals surface area (Å²) in [5.41, 5.74) is 1.66. The van der Waals surface area contributed by atoms with Gasteiger partial charge in [0, 0.05) is 19.7 Å². The lowest BCUT2D eigenvalue weighted by Crippen LogP contribution is -2.22. The number of aliphatic hydroxyl groups is 1. The number of nitrogens with one attached hydrogen (secondary N) is 1. The highest BCUT2D eigenvalue weighted by Gasteiger charge is 2.04. The molecule has 0 amide bonds. The zero-order valence-electron chi connectivity index (χ0n) is 10.3. The van der Waals surface area contributed by atoms with Crippen LogP contribution in [0.5, 0.6) is 0 Å². The van der Waals surface area contributed by atoms with E-state index in [0.717, 1.165) is 18.7 Å². The van der Waals surface area contributed by atoms with Gasteiger partial charge in [0.2, 0.25) is 0 Å². The molecule has 0 fully saturated rings. The number of esters is 1. The van der Waals surface area contributed by atoms with E-state index in [1.807, 2.05) is 19.1 Å². The van der Waals surface area contributed by atoms with Gasteiger partial charge in [-0.2, -0.15) is 0 Å².